The maximum Gasteiger partial charge on any atom is 0.191 e. The van der Waals surface area contributed by atoms with Gasteiger partial charge < -0.3 is 20.1 Å². The Morgan fingerprint density at radius 1 is 1.15 bits per heavy atom. The van der Waals surface area contributed by atoms with E-state index in [2.05, 4.69) is 46.5 Å². The highest BCUT2D eigenvalue weighted by molar-refractivity contribution is 14.0. The lowest BCUT2D eigenvalue weighted by molar-refractivity contribution is 0.0268. The van der Waals surface area contributed by atoms with E-state index < -0.39 is 0 Å². The molecule has 7 heteroatoms. The lowest BCUT2D eigenvalue weighted by Gasteiger charge is -2.30. The molecule has 0 aliphatic carbocycles. The number of likely N-dealkylation sites (tertiary alicyclic amines) is 1. The Kier molecular flexibility index (Phi) is 10.4. The summed E-state index contributed by atoms with van der Waals surface area (Å²) < 4.78 is 10.8. The maximum absolute atomic E-state index is 5.47. The SMILES string of the molecule is CN=C(NCC(c1ccc(OC)cc1)N1CCCC1)NCC(C)(C)OC.I. The highest BCUT2D eigenvalue weighted by Gasteiger charge is 2.24. The van der Waals surface area contributed by atoms with Crippen molar-refractivity contribution in [3.63, 3.8) is 0 Å². The molecule has 1 aliphatic rings. The minimum absolute atomic E-state index is 0. The van der Waals surface area contributed by atoms with Crippen LogP contribution in [0, 0.1) is 0 Å². The van der Waals surface area contributed by atoms with Gasteiger partial charge in [0.1, 0.15) is 5.75 Å². The van der Waals surface area contributed by atoms with Crippen molar-refractivity contribution in [1.29, 1.82) is 0 Å². The molecule has 2 rings (SSSR count). The molecule has 1 saturated heterocycles. The molecule has 1 aliphatic heterocycles. The van der Waals surface area contributed by atoms with Crippen molar-refractivity contribution >= 4 is 29.9 Å². The standard InChI is InChI=1S/C20H34N4O2.HI/c1-20(2,26-5)15-23-19(21-3)22-14-18(24-12-6-7-13-24)16-8-10-17(25-4)11-9-16;/h8-11,18H,6-7,12-15H2,1-5H3,(H2,21,22,23);1H. The predicted molar refractivity (Wildman–Crippen MR) is 122 cm³/mol. The summed E-state index contributed by atoms with van der Waals surface area (Å²) in [6, 6.07) is 8.71. The van der Waals surface area contributed by atoms with Gasteiger partial charge in [0.25, 0.3) is 0 Å². The Bertz CT molecular complexity index is 572. The van der Waals surface area contributed by atoms with Crippen LogP contribution >= 0.6 is 24.0 Å². The first-order valence-electron chi connectivity index (χ1n) is 9.37. The van der Waals surface area contributed by atoms with Gasteiger partial charge in [-0.05, 0) is 57.5 Å². The van der Waals surface area contributed by atoms with Crippen LogP contribution in [0.3, 0.4) is 0 Å². The third-order valence-corrected chi connectivity index (χ3v) is 5.00. The van der Waals surface area contributed by atoms with Crippen molar-refractivity contribution in [2.45, 2.75) is 38.3 Å². The molecule has 6 nitrogen and oxygen atoms in total. The summed E-state index contributed by atoms with van der Waals surface area (Å²) in [5.41, 5.74) is 1.06. The van der Waals surface area contributed by atoms with Gasteiger partial charge >= 0.3 is 0 Å². The largest absolute Gasteiger partial charge is 0.497 e. The Balaban J connectivity index is 0.00000364. The Morgan fingerprint density at radius 3 is 2.30 bits per heavy atom. The number of hydrogen-bond acceptors (Lipinski definition) is 4. The van der Waals surface area contributed by atoms with Crippen molar-refractivity contribution in [1.82, 2.24) is 15.5 Å². The number of ether oxygens (including phenoxy) is 2. The molecule has 1 unspecified atom stereocenters. The summed E-state index contributed by atoms with van der Waals surface area (Å²) in [6.45, 7) is 7.89. The van der Waals surface area contributed by atoms with Crippen LogP contribution in [0.15, 0.2) is 29.3 Å². The average molecular weight is 490 g/mol. The first-order valence-corrected chi connectivity index (χ1v) is 9.37. The van der Waals surface area contributed by atoms with E-state index in [1.807, 2.05) is 12.1 Å². The molecule has 1 aromatic rings. The summed E-state index contributed by atoms with van der Waals surface area (Å²) in [4.78, 5) is 6.89. The smallest absolute Gasteiger partial charge is 0.191 e. The first-order chi connectivity index (χ1) is 12.5. The number of aliphatic imine (C=N–C) groups is 1. The van der Waals surface area contributed by atoms with Crippen LogP contribution in [0.4, 0.5) is 0 Å². The molecular weight excluding hydrogens is 455 g/mol. The van der Waals surface area contributed by atoms with E-state index in [1.54, 1.807) is 21.3 Å². The number of nitrogens with zero attached hydrogens (tertiary/aromatic N) is 2. The van der Waals surface area contributed by atoms with Gasteiger partial charge in [-0.2, -0.15) is 0 Å². The lowest BCUT2D eigenvalue weighted by Crippen LogP contribution is -2.47. The number of hydrogen-bond donors (Lipinski definition) is 2. The summed E-state index contributed by atoms with van der Waals surface area (Å²) >= 11 is 0. The second kappa shape index (κ2) is 11.7. The summed E-state index contributed by atoms with van der Waals surface area (Å²) in [7, 11) is 5.23. The van der Waals surface area contributed by atoms with Crippen molar-refractivity contribution in [2.24, 2.45) is 4.99 Å². The van der Waals surface area contributed by atoms with Crippen LogP contribution in [0.1, 0.15) is 38.3 Å². The van der Waals surface area contributed by atoms with Crippen molar-refractivity contribution in [3.05, 3.63) is 29.8 Å². The fourth-order valence-electron chi connectivity index (χ4n) is 3.12. The molecule has 0 aromatic heterocycles. The first kappa shape index (κ1) is 24.0. The lowest BCUT2D eigenvalue weighted by atomic mass is 10.1. The minimum atomic E-state index is -0.234. The van der Waals surface area contributed by atoms with Crippen molar-refractivity contribution in [3.8, 4) is 5.75 Å². The minimum Gasteiger partial charge on any atom is -0.497 e. The second-order valence-electron chi connectivity index (χ2n) is 7.30. The summed E-state index contributed by atoms with van der Waals surface area (Å²) in [5.74, 6) is 1.69. The molecular formula is C20H35IN4O2. The third kappa shape index (κ3) is 7.46. The average Bonchev–Trinajstić information content (AvgIpc) is 3.19. The Labute approximate surface area is 181 Å². The van der Waals surface area contributed by atoms with E-state index in [-0.39, 0.29) is 29.6 Å². The zero-order chi connectivity index (χ0) is 19.0. The van der Waals surface area contributed by atoms with E-state index in [0.717, 1.165) is 31.3 Å². The highest BCUT2D eigenvalue weighted by Crippen LogP contribution is 2.26. The van der Waals surface area contributed by atoms with Crippen molar-refractivity contribution < 1.29 is 9.47 Å². The van der Waals surface area contributed by atoms with Gasteiger partial charge in [0.2, 0.25) is 0 Å². The number of benzene rings is 1. The van der Waals surface area contributed by atoms with Gasteiger partial charge in [0, 0.05) is 27.2 Å². The van der Waals surface area contributed by atoms with Gasteiger partial charge in [-0.25, -0.2) is 0 Å². The molecule has 0 saturated carbocycles. The van der Waals surface area contributed by atoms with Crippen LogP contribution in [-0.2, 0) is 4.74 Å². The van der Waals surface area contributed by atoms with Crippen LogP contribution in [0.5, 0.6) is 5.75 Å². The quantitative estimate of drug-likeness (QED) is 0.334. The summed E-state index contributed by atoms with van der Waals surface area (Å²) in [6.07, 6.45) is 2.53. The molecule has 0 radical (unpaired) electrons. The van der Waals surface area contributed by atoms with Crippen molar-refractivity contribution in [2.75, 3.05) is 47.4 Å². The molecule has 1 aromatic carbocycles. The van der Waals surface area contributed by atoms with Crippen LogP contribution in [0.2, 0.25) is 0 Å². The highest BCUT2D eigenvalue weighted by atomic mass is 127. The van der Waals surface area contributed by atoms with Crippen LogP contribution < -0.4 is 15.4 Å². The van der Waals surface area contributed by atoms with Gasteiger partial charge in [-0.3, -0.25) is 9.89 Å². The second-order valence-corrected chi connectivity index (χ2v) is 7.30. The van der Waals surface area contributed by atoms with Gasteiger partial charge in [0.05, 0.1) is 18.8 Å². The molecule has 154 valence electrons. The van der Waals surface area contributed by atoms with Crippen LogP contribution in [0.25, 0.3) is 0 Å². The molecule has 1 fully saturated rings. The van der Waals surface area contributed by atoms with E-state index in [1.165, 1.54) is 18.4 Å². The van der Waals surface area contributed by atoms with E-state index >= 15 is 0 Å². The molecule has 1 atom stereocenters. The topological polar surface area (TPSA) is 58.1 Å². The molecule has 1 heterocycles. The van der Waals surface area contributed by atoms with Gasteiger partial charge in [-0.1, -0.05) is 12.1 Å². The summed E-state index contributed by atoms with van der Waals surface area (Å²) in [5, 5.41) is 6.83. The van der Waals surface area contributed by atoms with E-state index in [9.17, 15) is 0 Å². The number of methoxy groups -OCH3 is 2. The third-order valence-electron chi connectivity index (χ3n) is 5.00. The molecule has 2 N–H and O–H groups in total. The maximum atomic E-state index is 5.47. The number of halogens is 1. The zero-order valence-corrected chi connectivity index (χ0v) is 19.6. The normalized spacial score (nSPS) is 16.6. The number of rotatable bonds is 8. The Hall–Kier alpha value is -1.06. The molecule has 27 heavy (non-hydrogen) atoms. The van der Waals surface area contributed by atoms with E-state index in [4.69, 9.17) is 9.47 Å². The zero-order valence-electron chi connectivity index (χ0n) is 17.2. The van der Waals surface area contributed by atoms with Crippen LogP contribution in [-0.4, -0.2) is 63.9 Å². The monoisotopic (exact) mass is 490 g/mol. The Morgan fingerprint density at radius 2 is 1.78 bits per heavy atom. The van der Waals surface area contributed by atoms with Gasteiger partial charge in [-0.15, -0.1) is 24.0 Å². The number of guanidine groups is 1. The molecule has 0 amide bonds. The number of nitrogens with one attached hydrogen (secondary N) is 2. The van der Waals surface area contributed by atoms with E-state index in [0.29, 0.717) is 12.6 Å². The fourth-order valence-corrected chi connectivity index (χ4v) is 3.12. The predicted octanol–water partition coefficient (Wildman–Crippen LogP) is 3.04. The molecule has 0 spiro atoms. The molecule has 0 bridgehead atoms. The van der Waals surface area contributed by atoms with Gasteiger partial charge in [0.15, 0.2) is 5.96 Å². The fraction of sp³-hybridized carbons (Fsp3) is 0.650.